The summed E-state index contributed by atoms with van der Waals surface area (Å²) in [6.45, 7) is 9.00. The van der Waals surface area contributed by atoms with Crippen LogP contribution < -0.4 is 10.0 Å². The average Bonchev–Trinajstić information content (AvgIpc) is 3.14. The minimum Gasteiger partial charge on any atom is -0.299 e. The Morgan fingerprint density at radius 3 is 2.19 bits per heavy atom. The van der Waals surface area contributed by atoms with Crippen LogP contribution in [-0.2, 0) is 14.8 Å². The second kappa shape index (κ2) is 9.25. The molecule has 3 rings (SSSR count). The summed E-state index contributed by atoms with van der Waals surface area (Å²) in [5.41, 5.74) is 3.17. The van der Waals surface area contributed by atoms with Crippen molar-refractivity contribution in [2.24, 2.45) is 5.92 Å². The summed E-state index contributed by atoms with van der Waals surface area (Å²) >= 11 is 1.23. The number of nitrogens with one attached hydrogen (secondary N) is 2. The monoisotopic (exact) mass is 458 g/mol. The van der Waals surface area contributed by atoms with E-state index in [0.29, 0.717) is 21.3 Å². The first-order valence-electron chi connectivity index (χ1n) is 9.88. The smallest absolute Gasteiger partial charge is 0.244 e. The number of benzene rings is 2. The Balaban J connectivity index is 1.81. The zero-order chi connectivity index (χ0) is 22.8. The third-order valence-corrected chi connectivity index (χ3v) is 7.41. The van der Waals surface area contributed by atoms with Gasteiger partial charge in [-0.25, -0.2) is 8.42 Å². The molecule has 0 aliphatic heterocycles. The fourth-order valence-electron chi connectivity index (χ4n) is 3.46. The van der Waals surface area contributed by atoms with Crippen molar-refractivity contribution in [3.8, 4) is 10.6 Å². The highest BCUT2D eigenvalue weighted by atomic mass is 32.2. The lowest BCUT2D eigenvalue weighted by Crippen LogP contribution is -2.47. The van der Waals surface area contributed by atoms with Crippen LogP contribution in [0.15, 0.2) is 47.4 Å². The summed E-state index contributed by atoms with van der Waals surface area (Å²) < 4.78 is 28.8. The van der Waals surface area contributed by atoms with Crippen molar-refractivity contribution in [1.29, 1.82) is 0 Å². The van der Waals surface area contributed by atoms with Crippen LogP contribution in [0.2, 0.25) is 0 Å². The molecule has 0 spiro atoms. The maximum atomic E-state index is 13.1. The summed E-state index contributed by atoms with van der Waals surface area (Å²) in [5, 5.41) is 11.8. The van der Waals surface area contributed by atoms with E-state index in [1.54, 1.807) is 27.7 Å². The quantitative estimate of drug-likeness (QED) is 0.556. The number of amides is 1. The van der Waals surface area contributed by atoms with Crippen LogP contribution in [0.1, 0.15) is 30.5 Å². The molecule has 0 aliphatic rings. The lowest BCUT2D eigenvalue weighted by atomic mass is 10.1. The molecule has 0 radical (unpaired) electrons. The molecule has 9 heteroatoms. The van der Waals surface area contributed by atoms with Gasteiger partial charge in [0.05, 0.1) is 4.90 Å². The lowest BCUT2D eigenvalue weighted by Gasteiger charge is -2.22. The Labute approximate surface area is 187 Å². The van der Waals surface area contributed by atoms with Crippen molar-refractivity contribution in [3.63, 3.8) is 0 Å². The number of aromatic nitrogens is 2. The standard InChI is InChI=1S/C22H26N4O3S2/c1-13(2)18(26-31(28,29)19-15(4)11-14(3)12-16(19)5)20(27)23-22-25-24-21(30-22)17-9-7-6-8-10-17/h6-13,18,26H,1-5H3,(H,23,25,27)/t18-/m1/s1. The van der Waals surface area contributed by atoms with Gasteiger partial charge in [-0.3, -0.25) is 10.1 Å². The van der Waals surface area contributed by atoms with Crippen LogP contribution in [0.5, 0.6) is 0 Å². The third-order valence-electron chi connectivity index (χ3n) is 4.78. The van der Waals surface area contributed by atoms with E-state index >= 15 is 0 Å². The molecule has 0 saturated carbocycles. The summed E-state index contributed by atoms with van der Waals surface area (Å²) in [6, 6.07) is 12.2. The molecule has 164 valence electrons. The number of sulfonamides is 1. The molecule has 0 bridgehead atoms. The van der Waals surface area contributed by atoms with Gasteiger partial charge in [-0.05, 0) is 37.8 Å². The Morgan fingerprint density at radius 2 is 1.61 bits per heavy atom. The maximum absolute atomic E-state index is 13.1. The topological polar surface area (TPSA) is 101 Å². The Bertz CT molecular complexity index is 1170. The van der Waals surface area contributed by atoms with E-state index < -0.39 is 22.0 Å². The van der Waals surface area contributed by atoms with E-state index in [4.69, 9.17) is 0 Å². The summed E-state index contributed by atoms with van der Waals surface area (Å²) in [4.78, 5) is 13.1. The van der Waals surface area contributed by atoms with Crippen LogP contribution in [0, 0.1) is 26.7 Å². The van der Waals surface area contributed by atoms with Gasteiger partial charge in [0.25, 0.3) is 0 Å². The van der Waals surface area contributed by atoms with E-state index in [1.807, 2.05) is 49.4 Å². The molecule has 1 heterocycles. The predicted molar refractivity (Wildman–Crippen MR) is 124 cm³/mol. The molecule has 31 heavy (non-hydrogen) atoms. The second-order valence-corrected chi connectivity index (χ2v) is 10.5. The average molecular weight is 459 g/mol. The van der Waals surface area contributed by atoms with Crippen LogP contribution in [-0.4, -0.2) is 30.6 Å². The minimum atomic E-state index is -3.90. The number of hydrogen-bond acceptors (Lipinski definition) is 6. The molecule has 0 aliphatic carbocycles. The van der Waals surface area contributed by atoms with E-state index in [9.17, 15) is 13.2 Å². The van der Waals surface area contributed by atoms with Gasteiger partial charge >= 0.3 is 0 Å². The molecular formula is C22H26N4O3S2. The van der Waals surface area contributed by atoms with Crippen molar-refractivity contribution < 1.29 is 13.2 Å². The molecule has 0 fully saturated rings. The zero-order valence-electron chi connectivity index (χ0n) is 18.1. The first-order chi connectivity index (χ1) is 14.6. The number of anilines is 1. The molecule has 2 aromatic carbocycles. The minimum absolute atomic E-state index is 0.207. The highest BCUT2D eigenvalue weighted by Gasteiger charge is 2.30. The predicted octanol–water partition coefficient (Wildman–Crippen LogP) is 4.07. The number of aryl methyl sites for hydroxylation is 3. The van der Waals surface area contributed by atoms with Crippen molar-refractivity contribution in [2.45, 2.75) is 45.6 Å². The van der Waals surface area contributed by atoms with Crippen molar-refractivity contribution >= 4 is 32.4 Å². The van der Waals surface area contributed by atoms with Crippen LogP contribution in [0.3, 0.4) is 0 Å². The molecule has 1 amide bonds. The number of hydrogen-bond donors (Lipinski definition) is 2. The molecule has 1 atom stereocenters. The van der Waals surface area contributed by atoms with Gasteiger partial charge in [0.2, 0.25) is 21.1 Å². The normalized spacial score (nSPS) is 12.7. The van der Waals surface area contributed by atoms with Crippen LogP contribution in [0.25, 0.3) is 10.6 Å². The number of carbonyl (C=O) groups is 1. The molecular weight excluding hydrogens is 432 g/mol. The van der Waals surface area contributed by atoms with Crippen LogP contribution in [0.4, 0.5) is 5.13 Å². The summed E-state index contributed by atoms with van der Waals surface area (Å²) in [6.07, 6.45) is 0. The van der Waals surface area contributed by atoms with Crippen molar-refractivity contribution in [3.05, 3.63) is 59.2 Å². The molecule has 2 N–H and O–H groups in total. The van der Waals surface area contributed by atoms with Gasteiger partial charge in [0.1, 0.15) is 11.0 Å². The highest BCUT2D eigenvalue weighted by molar-refractivity contribution is 7.89. The second-order valence-electron chi connectivity index (χ2n) is 7.84. The van der Waals surface area contributed by atoms with Gasteiger partial charge in [0.15, 0.2) is 0 Å². The largest absolute Gasteiger partial charge is 0.299 e. The lowest BCUT2D eigenvalue weighted by molar-refractivity contribution is -0.118. The molecule has 1 aromatic heterocycles. The van der Waals surface area contributed by atoms with Gasteiger partial charge in [-0.2, -0.15) is 4.72 Å². The maximum Gasteiger partial charge on any atom is 0.244 e. The van der Waals surface area contributed by atoms with E-state index in [0.717, 1.165) is 11.1 Å². The Kier molecular flexibility index (Phi) is 6.88. The molecule has 0 saturated heterocycles. The fourth-order valence-corrected chi connectivity index (χ4v) is 6.01. The van der Waals surface area contributed by atoms with Crippen molar-refractivity contribution in [1.82, 2.24) is 14.9 Å². The van der Waals surface area contributed by atoms with E-state index in [-0.39, 0.29) is 10.8 Å². The fraction of sp³-hybridized carbons (Fsp3) is 0.318. The molecule has 3 aromatic rings. The highest BCUT2D eigenvalue weighted by Crippen LogP contribution is 2.27. The van der Waals surface area contributed by atoms with E-state index in [1.165, 1.54) is 11.3 Å². The number of carbonyl (C=O) groups excluding carboxylic acids is 1. The SMILES string of the molecule is Cc1cc(C)c(S(=O)(=O)N[C@@H](C(=O)Nc2nnc(-c3ccccc3)s2)C(C)C)c(C)c1. The van der Waals surface area contributed by atoms with Crippen molar-refractivity contribution in [2.75, 3.05) is 5.32 Å². The summed E-state index contributed by atoms with van der Waals surface area (Å²) in [7, 11) is -3.90. The molecule has 7 nitrogen and oxygen atoms in total. The Morgan fingerprint density at radius 1 is 1.00 bits per heavy atom. The van der Waals surface area contributed by atoms with Gasteiger partial charge in [0, 0.05) is 5.56 Å². The number of rotatable bonds is 7. The zero-order valence-corrected chi connectivity index (χ0v) is 19.8. The summed E-state index contributed by atoms with van der Waals surface area (Å²) in [5.74, 6) is -0.751. The van der Waals surface area contributed by atoms with Gasteiger partial charge < -0.3 is 0 Å². The van der Waals surface area contributed by atoms with Gasteiger partial charge in [-0.1, -0.05) is 73.2 Å². The molecule has 0 unspecified atom stereocenters. The first kappa shape index (κ1) is 23.1. The Hall–Kier alpha value is -2.62. The van der Waals surface area contributed by atoms with Gasteiger partial charge in [-0.15, -0.1) is 10.2 Å². The third kappa shape index (κ3) is 5.36. The first-order valence-corrected chi connectivity index (χ1v) is 12.2. The number of nitrogens with zero attached hydrogens (tertiary/aromatic N) is 2. The van der Waals surface area contributed by atoms with E-state index in [2.05, 4.69) is 20.2 Å². The van der Waals surface area contributed by atoms with Crippen LogP contribution >= 0.6 is 11.3 Å².